The van der Waals surface area contributed by atoms with Gasteiger partial charge < -0.3 is 14.0 Å². The van der Waals surface area contributed by atoms with E-state index >= 15 is 0 Å². The number of terminal acetylenes is 1. The predicted molar refractivity (Wildman–Crippen MR) is 126 cm³/mol. The molecule has 5 rings (SSSR count). The Labute approximate surface area is 203 Å². The molecular formula is C21H18ClN3O5S3. The van der Waals surface area contributed by atoms with Crippen LogP contribution in [0.4, 0.5) is 0 Å². The number of aromatic nitrogens is 1. The Balaban J connectivity index is 1.55. The Morgan fingerprint density at radius 2 is 2.03 bits per heavy atom. The number of piperidine rings is 1. The summed E-state index contributed by atoms with van der Waals surface area (Å²) in [4.78, 5) is 18.0. The van der Waals surface area contributed by atoms with Gasteiger partial charge in [0.15, 0.2) is 16.3 Å². The van der Waals surface area contributed by atoms with Crippen molar-refractivity contribution in [1.82, 2.24) is 8.87 Å². The first-order valence-corrected chi connectivity index (χ1v) is 13.6. The number of fused-ring (bicyclic) bond motifs is 2. The van der Waals surface area contributed by atoms with Crippen LogP contribution in [0.2, 0.25) is 4.34 Å². The summed E-state index contributed by atoms with van der Waals surface area (Å²) in [5, 5.41) is 0. The van der Waals surface area contributed by atoms with Crippen LogP contribution in [-0.2, 0) is 21.4 Å². The summed E-state index contributed by atoms with van der Waals surface area (Å²) < 4.78 is 41.7. The van der Waals surface area contributed by atoms with Crippen LogP contribution in [0.5, 0.6) is 11.5 Å². The van der Waals surface area contributed by atoms with Crippen molar-refractivity contribution in [2.45, 2.75) is 36.1 Å². The van der Waals surface area contributed by atoms with Gasteiger partial charge in [0, 0.05) is 18.7 Å². The SMILES string of the molecule is C#CCn1c(=NC(=O)C2CCCCN2S(=O)(=O)c2ccc(Cl)s2)sc2cc3c(cc21)OCO3. The van der Waals surface area contributed by atoms with Crippen LogP contribution < -0.4 is 14.3 Å². The molecule has 1 unspecified atom stereocenters. The second kappa shape index (κ2) is 8.77. The van der Waals surface area contributed by atoms with Gasteiger partial charge in [0.05, 0.1) is 21.1 Å². The van der Waals surface area contributed by atoms with Crippen molar-refractivity contribution >= 4 is 60.4 Å². The highest BCUT2D eigenvalue weighted by molar-refractivity contribution is 7.91. The van der Waals surface area contributed by atoms with E-state index < -0.39 is 22.0 Å². The van der Waals surface area contributed by atoms with E-state index in [-0.39, 0.29) is 24.1 Å². The molecule has 2 aliphatic heterocycles. The third kappa shape index (κ3) is 4.06. The fraction of sp³-hybridized carbons (Fsp3) is 0.333. The Morgan fingerprint density at radius 3 is 2.76 bits per heavy atom. The standard InChI is InChI=1S/C21H18ClN3O5S3/c1-2-8-24-14-10-15-16(30-12-29-15)11-17(14)31-21(24)23-20(26)13-5-3-4-9-25(13)33(27,28)19-7-6-18(22)32-19/h1,6-7,10-11,13H,3-5,8-9,12H2. The Hall–Kier alpha value is -2.36. The number of halogens is 1. The monoisotopic (exact) mass is 523 g/mol. The zero-order valence-corrected chi connectivity index (χ0v) is 20.4. The molecule has 1 saturated heterocycles. The van der Waals surface area contributed by atoms with Crippen LogP contribution in [-0.4, -0.2) is 42.6 Å². The van der Waals surface area contributed by atoms with Gasteiger partial charge >= 0.3 is 0 Å². The molecule has 3 aromatic rings. The van der Waals surface area contributed by atoms with E-state index in [1.165, 1.54) is 27.8 Å². The quantitative estimate of drug-likeness (QED) is 0.489. The molecule has 0 bridgehead atoms. The topological polar surface area (TPSA) is 90.2 Å². The first-order chi connectivity index (χ1) is 15.9. The molecule has 1 fully saturated rings. The van der Waals surface area contributed by atoms with Crippen molar-refractivity contribution < 1.29 is 22.7 Å². The van der Waals surface area contributed by atoms with Gasteiger partial charge in [0.1, 0.15) is 10.3 Å². The molecule has 2 aliphatic rings. The molecule has 0 radical (unpaired) electrons. The van der Waals surface area contributed by atoms with Crippen molar-refractivity contribution in [3.63, 3.8) is 0 Å². The number of ether oxygens (including phenoxy) is 2. The Bertz CT molecular complexity index is 1460. The minimum atomic E-state index is -3.86. The molecule has 0 aliphatic carbocycles. The third-order valence-electron chi connectivity index (χ3n) is 5.48. The lowest BCUT2D eigenvalue weighted by atomic mass is 10.0. The number of thiophene rings is 1. The third-order valence-corrected chi connectivity index (χ3v) is 10.1. The molecule has 12 heteroatoms. The average molecular weight is 524 g/mol. The molecule has 0 saturated carbocycles. The summed E-state index contributed by atoms with van der Waals surface area (Å²) in [6, 6.07) is 5.76. The van der Waals surface area contributed by atoms with Crippen LogP contribution in [0.1, 0.15) is 19.3 Å². The highest BCUT2D eigenvalue weighted by Gasteiger charge is 2.38. The van der Waals surface area contributed by atoms with E-state index in [0.29, 0.717) is 33.5 Å². The molecular weight excluding hydrogens is 506 g/mol. The van der Waals surface area contributed by atoms with Gasteiger partial charge in [-0.1, -0.05) is 35.3 Å². The van der Waals surface area contributed by atoms with Crippen LogP contribution >= 0.6 is 34.3 Å². The van der Waals surface area contributed by atoms with Crippen molar-refractivity contribution in [2.24, 2.45) is 4.99 Å². The second-order valence-corrected chi connectivity index (χ2v) is 12.3. The predicted octanol–water partition coefficient (Wildman–Crippen LogP) is 3.45. The molecule has 1 aromatic carbocycles. The molecule has 0 N–H and O–H groups in total. The van der Waals surface area contributed by atoms with Crippen molar-refractivity contribution in [3.05, 3.63) is 33.4 Å². The fourth-order valence-electron chi connectivity index (χ4n) is 3.95. The van der Waals surface area contributed by atoms with Gasteiger partial charge in [-0.25, -0.2) is 8.42 Å². The number of thiazole rings is 1. The number of carbonyl (C=O) groups is 1. The lowest BCUT2D eigenvalue weighted by Gasteiger charge is -2.31. The van der Waals surface area contributed by atoms with Crippen LogP contribution in [0.3, 0.4) is 0 Å². The molecule has 2 aromatic heterocycles. The van der Waals surface area contributed by atoms with E-state index in [0.717, 1.165) is 28.0 Å². The first-order valence-electron chi connectivity index (χ1n) is 10.1. The zero-order chi connectivity index (χ0) is 23.2. The fourth-order valence-corrected chi connectivity index (χ4v) is 8.26. The number of sulfonamides is 1. The Morgan fingerprint density at radius 1 is 1.24 bits per heavy atom. The van der Waals surface area contributed by atoms with Crippen molar-refractivity contribution in [2.75, 3.05) is 13.3 Å². The average Bonchev–Trinajstić information content (AvgIpc) is 3.52. The molecule has 0 spiro atoms. The summed E-state index contributed by atoms with van der Waals surface area (Å²) >= 11 is 8.22. The molecule has 8 nitrogen and oxygen atoms in total. The molecule has 1 amide bonds. The smallest absolute Gasteiger partial charge is 0.266 e. The Kier molecular flexibility index (Phi) is 5.96. The van der Waals surface area contributed by atoms with Crippen LogP contribution in [0, 0.1) is 12.3 Å². The maximum Gasteiger partial charge on any atom is 0.266 e. The normalized spacial score (nSPS) is 19.2. The van der Waals surface area contributed by atoms with Gasteiger partial charge in [-0.15, -0.1) is 17.8 Å². The van der Waals surface area contributed by atoms with E-state index in [1.807, 2.05) is 12.1 Å². The number of hydrogen-bond donors (Lipinski definition) is 0. The number of nitrogens with zero attached hydrogens (tertiary/aromatic N) is 3. The number of rotatable bonds is 4. The summed E-state index contributed by atoms with van der Waals surface area (Å²) in [7, 11) is -3.86. The molecule has 33 heavy (non-hydrogen) atoms. The van der Waals surface area contributed by atoms with Gasteiger partial charge in [0.2, 0.25) is 6.79 Å². The molecule has 4 heterocycles. The maximum atomic E-state index is 13.3. The second-order valence-electron chi connectivity index (χ2n) is 7.48. The number of carbonyl (C=O) groups excluding carboxylic acids is 1. The largest absolute Gasteiger partial charge is 0.454 e. The lowest BCUT2D eigenvalue weighted by Crippen LogP contribution is -2.47. The first kappa shape index (κ1) is 22.4. The number of benzene rings is 1. The number of amides is 1. The summed E-state index contributed by atoms with van der Waals surface area (Å²) in [6.45, 7) is 0.604. The van der Waals surface area contributed by atoms with E-state index in [1.54, 1.807) is 4.57 Å². The van der Waals surface area contributed by atoms with Gasteiger partial charge in [0.25, 0.3) is 15.9 Å². The van der Waals surface area contributed by atoms with Crippen LogP contribution in [0.25, 0.3) is 10.2 Å². The molecule has 172 valence electrons. The van der Waals surface area contributed by atoms with Crippen LogP contribution in [0.15, 0.2) is 33.5 Å². The minimum Gasteiger partial charge on any atom is -0.454 e. The number of hydrogen-bond acceptors (Lipinski definition) is 7. The highest BCUT2D eigenvalue weighted by atomic mass is 35.5. The summed E-state index contributed by atoms with van der Waals surface area (Å²) in [5.41, 5.74) is 0.773. The minimum absolute atomic E-state index is 0.117. The van der Waals surface area contributed by atoms with Crippen molar-refractivity contribution in [3.8, 4) is 23.8 Å². The van der Waals surface area contributed by atoms with Gasteiger partial charge in [-0.3, -0.25) is 4.79 Å². The van der Waals surface area contributed by atoms with E-state index in [2.05, 4.69) is 10.9 Å². The van der Waals surface area contributed by atoms with E-state index in [4.69, 9.17) is 27.5 Å². The van der Waals surface area contributed by atoms with E-state index in [9.17, 15) is 13.2 Å². The summed E-state index contributed by atoms with van der Waals surface area (Å²) in [5.74, 6) is 3.29. The maximum absolute atomic E-state index is 13.3. The van der Waals surface area contributed by atoms with Gasteiger partial charge in [-0.2, -0.15) is 9.30 Å². The summed E-state index contributed by atoms with van der Waals surface area (Å²) in [6.07, 6.45) is 7.38. The van der Waals surface area contributed by atoms with Crippen molar-refractivity contribution in [1.29, 1.82) is 0 Å². The molecule has 1 atom stereocenters. The zero-order valence-electron chi connectivity index (χ0n) is 17.2. The highest BCUT2D eigenvalue weighted by Crippen LogP contribution is 2.37. The lowest BCUT2D eigenvalue weighted by molar-refractivity contribution is -0.122. The van der Waals surface area contributed by atoms with Gasteiger partial charge in [-0.05, 0) is 25.0 Å².